The molecule has 6 nitrogen and oxygen atoms in total. The van der Waals surface area contributed by atoms with Gasteiger partial charge in [-0.2, -0.15) is 0 Å². The Morgan fingerprint density at radius 2 is 2.00 bits per heavy atom. The third kappa shape index (κ3) is 3.63. The first-order chi connectivity index (χ1) is 10.2. The van der Waals surface area contributed by atoms with Crippen molar-refractivity contribution in [1.82, 2.24) is 0 Å². The van der Waals surface area contributed by atoms with Gasteiger partial charge in [-0.1, -0.05) is 6.07 Å². The number of amides is 1. The third-order valence-corrected chi connectivity index (χ3v) is 3.27. The van der Waals surface area contributed by atoms with Gasteiger partial charge in [0.15, 0.2) is 0 Å². The van der Waals surface area contributed by atoms with E-state index in [9.17, 15) is 14.4 Å². The van der Waals surface area contributed by atoms with E-state index < -0.39 is 23.5 Å². The van der Waals surface area contributed by atoms with Crippen LogP contribution in [0.5, 0.6) is 0 Å². The monoisotopic (exact) mass is 305 g/mol. The molecule has 0 aliphatic carbocycles. The minimum atomic E-state index is -0.987. The van der Waals surface area contributed by atoms with Crippen molar-refractivity contribution < 1.29 is 24.2 Å². The first kappa shape index (κ1) is 16.0. The Kier molecular flexibility index (Phi) is 4.21. The molecule has 1 aromatic carbocycles. The molecule has 1 heterocycles. The Balaban J connectivity index is 2.20. The molecule has 6 heteroatoms. The first-order valence-corrected chi connectivity index (χ1v) is 7.04. The zero-order chi connectivity index (χ0) is 16.5. The van der Waals surface area contributed by atoms with Gasteiger partial charge in [-0.05, 0) is 39.0 Å². The highest BCUT2D eigenvalue weighted by Crippen LogP contribution is 2.26. The number of aliphatic carboxylic acids is 1. The molecule has 1 atom stereocenters. The predicted molar refractivity (Wildman–Crippen MR) is 79.7 cm³/mol. The second-order valence-electron chi connectivity index (χ2n) is 6.30. The van der Waals surface area contributed by atoms with Gasteiger partial charge >= 0.3 is 11.9 Å². The lowest BCUT2D eigenvalue weighted by atomic mass is 10.1. The van der Waals surface area contributed by atoms with Crippen molar-refractivity contribution in [1.29, 1.82) is 0 Å². The number of ether oxygens (including phenoxy) is 1. The molecular formula is C16H19NO5. The van der Waals surface area contributed by atoms with Gasteiger partial charge in [0.25, 0.3) is 0 Å². The molecule has 118 valence electrons. The van der Waals surface area contributed by atoms with Crippen molar-refractivity contribution in [3.05, 3.63) is 29.8 Å². The van der Waals surface area contributed by atoms with Crippen molar-refractivity contribution >= 4 is 23.5 Å². The second-order valence-corrected chi connectivity index (χ2v) is 6.30. The van der Waals surface area contributed by atoms with Gasteiger partial charge in [0, 0.05) is 18.7 Å². The lowest BCUT2D eigenvalue weighted by molar-refractivity contribution is -0.141. The number of hydrogen-bond donors (Lipinski definition) is 1. The number of hydrogen-bond acceptors (Lipinski definition) is 4. The lowest BCUT2D eigenvalue weighted by Gasteiger charge is -2.21. The van der Waals surface area contributed by atoms with Crippen LogP contribution in [0.2, 0.25) is 0 Å². The van der Waals surface area contributed by atoms with E-state index in [1.807, 2.05) is 0 Å². The van der Waals surface area contributed by atoms with Crippen LogP contribution in [0.4, 0.5) is 5.69 Å². The summed E-state index contributed by atoms with van der Waals surface area (Å²) >= 11 is 0. The largest absolute Gasteiger partial charge is 0.481 e. The molecule has 1 N–H and O–H groups in total. The fourth-order valence-corrected chi connectivity index (χ4v) is 2.26. The van der Waals surface area contributed by atoms with Gasteiger partial charge in [0.2, 0.25) is 5.91 Å². The van der Waals surface area contributed by atoms with Crippen LogP contribution in [0, 0.1) is 5.92 Å². The van der Waals surface area contributed by atoms with Gasteiger partial charge in [-0.3, -0.25) is 9.59 Å². The first-order valence-electron chi connectivity index (χ1n) is 7.04. The van der Waals surface area contributed by atoms with E-state index in [1.54, 1.807) is 45.0 Å². The summed E-state index contributed by atoms with van der Waals surface area (Å²) in [5, 5.41) is 9.01. The number of carboxylic acids is 1. The quantitative estimate of drug-likeness (QED) is 0.864. The molecule has 0 spiro atoms. The van der Waals surface area contributed by atoms with Gasteiger partial charge < -0.3 is 14.7 Å². The predicted octanol–water partition coefficient (Wildman–Crippen LogP) is 2.08. The molecule has 0 bridgehead atoms. The molecule has 1 unspecified atom stereocenters. The Labute approximate surface area is 128 Å². The molecule has 0 saturated carbocycles. The van der Waals surface area contributed by atoms with Gasteiger partial charge in [-0.15, -0.1) is 0 Å². The van der Waals surface area contributed by atoms with Crippen LogP contribution in [0.25, 0.3) is 0 Å². The average Bonchev–Trinajstić information content (AvgIpc) is 2.79. The number of nitrogens with zero attached hydrogens (tertiary/aromatic N) is 1. The van der Waals surface area contributed by atoms with Crippen LogP contribution < -0.4 is 4.90 Å². The summed E-state index contributed by atoms with van der Waals surface area (Å²) in [4.78, 5) is 36.4. The van der Waals surface area contributed by atoms with Crippen molar-refractivity contribution in [3.63, 3.8) is 0 Å². The second kappa shape index (κ2) is 5.79. The van der Waals surface area contributed by atoms with Crippen LogP contribution in [0.15, 0.2) is 24.3 Å². The minimum absolute atomic E-state index is 0.0218. The maximum Gasteiger partial charge on any atom is 0.338 e. The van der Waals surface area contributed by atoms with Gasteiger partial charge in [0.1, 0.15) is 5.60 Å². The summed E-state index contributed by atoms with van der Waals surface area (Å²) in [7, 11) is 0. The third-order valence-electron chi connectivity index (χ3n) is 3.27. The highest BCUT2D eigenvalue weighted by molar-refractivity contribution is 6.00. The molecule has 0 radical (unpaired) electrons. The van der Waals surface area contributed by atoms with Crippen LogP contribution in [0.1, 0.15) is 37.6 Å². The summed E-state index contributed by atoms with van der Waals surface area (Å²) in [6.45, 7) is 5.44. The SMILES string of the molecule is CC(C)(C)OC(=O)c1cccc(N2CC(C(=O)O)CC2=O)c1. The highest BCUT2D eigenvalue weighted by Gasteiger charge is 2.35. The molecular weight excluding hydrogens is 286 g/mol. The van der Waals surface area contributed by atoms with Crippen molar-refractivity contribution in [2.24, 2.45) is 5.92 Å². The molecule has 0 aromatic heterocycles. The zero-order valence-corrected chi connectivity index (χ0v) is 12.8. The summed E-state index contributed by atoms with van der Waals surface area (Å²) in [6.07, 6.45) is -0.0218. The molecule has 1 saturated heterocycles. The van der Waals surface area contributed by atoms with Crippen LogP contribution in [0.3, 0.4) is 0 Å². The Morgan fingerprint density at radius 3 is 2.55 bits per heavy atom. The van der Waals surface area contributed by atoms with E-state index in [4.69, 9.17) is 9.84 Å². The number of carboxylic acid groups (broad SMARTS) is 1. The fraction of sp³-hybridized carbons (Fsp3) is 0.438. The number of benzene rings is 1. The standard InChI is InChI=1S/C16H19NO5/c1-16(2,3)22-15(21)10-5-4-6-12(7-10)17-9-11(14(19)20)8-13(17)18/h4-7,11H,8-9H2,1-3H3,(H,19,20). The zero-order valence-electron chi connectivity index (χ0n) is 12.8. The molecule has 1 aliphatic rings. The number of esters is 1. The smallest absolute Gasteiger partial charge is 0.338 e. The molecule has 22 heavy (non-hydrogen) atoms. The van der Waals surface area contributed by atoms with Gasteiger partial charge in [0.05, 0.1) is 11.5 Å². The summed E-state index contributed by atoms with van der Waals surface area (Å²) < 4.78 is 5.29. The molecule has 1 amide bonds. The number of anilines is 1. The molecule has 1 aliphatic heterocycles. The van der Waals surface area contributed by atoms with E-state index in [-0.39, 0.29) is 18.9 Å². The lowest BCUT2D eigenvalue weighted by Crippen LogP contribution is -2.27. The summed E-state index contributed by atoms with van der Waals surface area (Å²) in [5.41, 5.74) is 0.237. The highest BCUT2D eigenvalue weighted by atomic mass is 16.6. The fourth-order valence-electron chi connectivity index (χ4n) is 2.26. The van der Waals surface area contributed by atoms with E-state index in [0.29, 0.717) is 11.3 Å². The number of rotatable bonds is 3. The maximum atomic E-state index is 12.1. The maximum absolute atomic E-state index is 12.1. The number of carbonyl (C=O) groups excluding carboxylic acids is 2. The van der Waals surface area contributed by atoms with E-state index >= 15 is 0 Å². The van der Waals surface area contributed by atoms with Crippen LogP contribution >= 0.6 is 0 Å². The van der Waals surface area contributed by atoms with Crippen LogP contribution in [-0.2, 0) is 14.3 Å². The Bertz CT molecular complexity index is 617. The number of carbonyl (C=O) groups is 3. The summed E-state index contributed by atoms with van der Waals surface area (Å²) in [6, 6.07) is 6.48. The summed E-state index contributed by atoms with van der Waals surface area (Å²) in [5.74, 6) is -2.43. The van der Waals surface area contributed by atoms with Gasteiger partial charge in [-0.25, -0.2) is 4.79 Å². The topological polar surface area (TPSA) is 83.9 Å². The Morgan fingerprint density at radius 1 is 1.32 bits per heavy atom. The molecule has 2 rings (SSSR count). The van der Waals surface area contributed by atoms with E-state index in [0.717, 1.165) is 0 Å². The van der Waals surface area contributed by atoms with E-state index in [1.165, 1.54) is 4.90 Å². The van der Waals surface area contributed by atoms with Crippen molar-refractivity contribution in [2.45, 2.75) is 32.8 Å². The van der Waals surface area contributed by atoms with E-state index in [2.05, 4.69) is 0 Å². The Hall–Kier alpha value is -2.37. The normalized spacial score (nSPS) is 18.4. The van der Waals surface area contributed by atoms with Crippen molar-refractivity contribution in [2.75, 3.05) is 11.4 Å². The molecule has 1 fully saturated rings. The minimum Gasteiger partial charge on any atom is -0.481 e. The average molecular weight is 305 g/mol. The van der Waals surface area contributed by atoms with Crippen LogP contribution in [-0.4, -0.2) is 35.1 Å². The van der Waals surface area contributed by atoms with Crippen molar-refractivity contribution in [3.8, 4) is 0 Å². The molecule has 1 aromatic rings.